The summed E-state index contributed by atoms with van der Waals surface area (Å²) in [4.78, 5) is 18.5. The minimum Gasteiger partial charge on any atom is -0.490 e. The fraction of sp³-hybridized carbons (Fsp3) is 0.444. The van der Waals surface area contributed by atoms with Crippen LogP contribution in [0, 0.1) is 3.57 Å². The average Bonchev–Trinajstić information content (AvgIpc) is 2.86. The van der Waals surface area contributed by atoms with Crippen LogP contribution in [-0.4, -0.2) is 28.6 Å². The molecule has 2 aromatic carbocycles. The van der Waals surface area contributed by atoms with Crippen LogP contribution in [0.15, 0.2) is 44.7 Å². The van der Waals surface area contributed by atoms with Crippen LogP contribution in [0.4, 0.5) is 0 Å². The molecule has 4 rings (SSSR count). The first-order chi connectivity index (χ1) is 16.9. The lowest BCUT2D eigenvalue weighted by Crippen LogP contribution is -2.25. The molecule has 1 saturated carbocycles. The molecule has 1 atom stereocenters. The largest absolute Gasteiger partial charge is 0.490 e. The molecule has 35 heavy (non-hydrogen) atoms. The van der Waals surface area contributed by atoms with Crippen LogP contribution in [0.2, 0.25) is 0 Å². The Bertz CT molecular complexity index is 1280. The van der Waals surface area contributed by atoms with Gasteiger partial charge in [0.1, 0.15) is 5.82 Å². The molecular formula is C27H31BrIN3O3. The van der Waals surface area contributed by atoms with Crippen molar-refractivity contribution in [3.05, 3.63) is 60.1 Å². The topological polar surface area (TPSA) is 65.7 Å². The Morgan fingerprint density at radius 3 is 2.71 bits per heavy atom. The summed E-state index contributed by atoms with van der Waals surface area (Å²) in [5.74, 6) is 2.40. The van der Waals surface area contributed by atoms with Gasteiger partial charge in [0.25, 0.3) is 5.56 Å². The molecule has 0 radical (unpaired) electrons. The molecule has 0 N–H and O–H groups in total. The highest BCUT2D eigenvalue weighted by Crippen LogP contribution is 2.35. The summed E-state index contributed by atoms with van der Waals surface area (Å²) in [5, 5.41) is 5.24. The van der Waals surface area contributed by atoms with E-state index in [0.717, 1.165) is 57.3 Å². The fourth-order valence-corrected chi connectivity index (χ4v) is 5.46. The SMILES string of the molecule is CCOc1cc(C=Nn2c(C3CCCCC3)nc3ccc(Br)cc3c2=O)cc(I)c1O[C@@H](C)CC. The third-order valence-corrected chi connectivity index (χ3v) is 7.65. The summed E-state index contributed by atoms with van der Waals surface area (Å²) in [7, 11) is 0. The Morgan fingerprint density at radius 2 is 2.00 bits per heavy atom. The van der Waals surface area contributed by atoms with E-state index < -0.39 is 0 Å². The van der Waals surface area contributed by atoms with Crippen molar-refractivity contribution in [2.45, 2.75) is 71.3 Å². The fourth-order valence-electron chi connectivity index (χ4n) is 4.35. The van der Waals surface area contributed by atoms with Gasteiger partial charge in [-0.1, -0.05) is 42.1 Å². The molecule has 0 saturated heterocycles. The van der Waals surface area contributed by atoms with E-state index in [2.05, 4.69) is 50.5 Å². The second-order valence-electron chi connectivity index (χ2n) is 8.93. The minimum atomic E-state index is -0.149. The van der Waals surface area contributed by atoms with Crippen molar-refractivity contribution < 1.29 is 9.47 Å². The average molecular weight is 652 g/mol. The summed E-state index contributed by atoms with van der Waals surface area (Å²) < 4.78 is 15.3. The third kappa shape index (κ3) is 6.07. The van der Waals surface area contributed by atoms with Gasteiger partial charge in [-0.2, -0.15) is 9.78 Å². The normalized spacial score (nSPS) is 15.6. The van der Waals surface area contributed by atoms with E-state index >= 15 is 0 Å². The Kier molecular flexibility index (Phi) is 8.86. The number of halogens is 2. The van der Waals surface area contributed by atoms with Gasteiger partial charge in [0.05, 0.1) is 33.4 Å². The van der Waals surface area contributed by atoms with Gasteiger partial charge >= 0.3 is 0 Å². The highest BCUT2D eigenvalue weighted by atomic mass is 127. The molecule has 3 aromatic rings. The van der Waals surface area contributed by atoms with Gasteiger partial charge in [0, 0.05) is 10.4 Å². The van der Waals surface area contributed by atoms with Crippen LogP contribution in [0.1, 0.15) is 76.6 Å². The van der Waals surface area contributed by atoms with E-state index in [4.69, 9.17) is 14.5 Å². The van der Waals surface area contributed by atoms with Crippen LogP contribution in [0.25, 0.3) is 10.9 Å². The Balaban J connectivity index is 1.79. The van der Waals surface area contributed by atoms with Gasteiger partial charge in [-0.25, -0.2) is 4.98 Å². The number of nitrogens with zero attached hydrogens (tertiary/aromatic N) is 3. The molecule has 0 aliphatic heterocycles. The Labute approximate surface area is 228 Å². The molecule has 0 amide bonds. The lowest BCUT2D eigenvalue weighted by Gasteiger charge is -2.22. The van der Waals surface area contributed by atoms with Gasteiger partial charge in [0.15, 0.2) is 11.5 Å². The number of hydrogen-bond acceptors (Lipinski definition) is 5. The lowest BCUT2D eigenvalue weighted by atomic mass is 9.88. The lowest BCUT2D eigenvalue weighted by molar-refractivity contribution is 0.201. The van der Waals surface area contributed by atoms with Crippen molar-refractivity contribution in [1.82, 2.24) is 9.66 Å². The Hall–Kier alpha value is -1.94. The smallest absolute Gasteiger partial charge is 0.282 e. The monoisotopic (exact) mass is 651 g/mol. The van der Waals surface area contributed by atoms with Crippen molar-refractivity contribution in [3.63, 3.8) is 0 Å². The molecule has 6 nitrogen and oxygen atoms in total. The molecular weight excluding hydrogens is 621 g/mol. The highest BCUT2D eigenvalue weighted by Gasteiger charge is 2.22. The van der Waals surface area contributed by atoms with Crippen molar-refractivity contribution >= 4 is 55.6 Å². The van der Waals surface area contributed by atoms with Gasteiger partial charge in [0.2, 0.25) is 0 Å². The van der Waals surface area contributed by atoms with Crippen LogP contribution in [0.5, 0.6) is 11.5 Å². The number of fused-ring (bicyclic) bond motifs is 1. The van der Waals surface area contributed by atoms with Crippen molar-refractivity contribution in [2.75, 3.05) is 6.61 Å². The van der Waals surface area contributed by atoms with Crippen molar-refractivity contribution in [1.29, 1.82) is 0 Å². The molecule has 1 heterocycles. The van der Waals surface area contributed by atoms with E-state index in [0.29, 0.717) is 23.3 Å². The standard InChI is InChI=1S/C27H31BrIN3O3/c1-4-17(3)35-25-22(29)13-18(14-24(25)34-5-2)16-30-32-26(19-9-7-6-8-10-19)31-23-12-11-20(28)15-21(23)27(32)33/h11-17,19H,4-10H2,1-3H3/t17-/m0/s1. The van der Waals surface area contributed by atoms with Gasteiger partial charge in [-0.05, 0) is 91.6 Å². The molecule has 0 unspecified atom stereocenters. The molecule has 0 bridgehead atoms. The summed E-state index contributed by atoms with van der Waals surface area (Å²) >= 11 is 5.75. The van der Waals surface area contributed by atoms with Gasteiger partial charge < -0.3 is 9.47 Å². The van der Waals surface area contributed by atoms with E-state index in [1.807, 2.05) is 44.2 Å². The summed E-state index contributed by atoms with van der Waals surface area (Å²) in [6.45, 7) is 6.62. The maximum atomic E-state index is 13.6. The van der Waals surface area contributed by atoms with Gasteiger partial charge in [-0.3, -0.25) is 4.79 Å². The van der Waals surface area contributed by atoms with E-state index in [1.165, 1.54) is 11.1 Å². The molecule has 1 aliphatic rings. The van der Waals surface area contributed by atoms with E-state index in [-0.39, 0.29) is 17.6 Å². The van der Waals surface area contributed by atoms with Crippen LogP contribution < -0.4 is 15.0 Å². The zero-order valence-corrected chi connectivity index (χ0v) is 24.1. The summed E-state index contributed by atoms with van der Waals surface area (Å²) in [5.41, 5.74) is 1.40. The Morgan fingerprint density at radius 1 is 1.23 bits per heavy atom. The summed E-state index contributed by atoms with van der Waals surface area (Å²) in [6.07, 6.45) is 8.29. The maximum Gasteiger partial charge on any atom is 0.282 e. The van der Waals surface area contributed by atoms with Crippen molar-refractivity contribution in [3.8, 4) is 11.5 Å². The molecule has 186 valence electrons. The zero-order chi connectivity index (χ0) is 24.9. The minimum absolute atomic E-state index is 0.0851. The van der Waals surface area contributed by atoms with Gasteiger partial charge in [-0.15, -0.1) is 0 Å². The predicted molar refractivity (Wildman–Crippen MR) is 153 cm³/mol. The summed E-state index contributed by atoms with van der Waals surface area (Å²) in [6, 6.07) is 9.56. The zero-order valence-electron chi connectivity index (χ0n) is 20.4. The number of ether oxygens (including phenoxy) is 2. The first-order valence-corrected chi connectivity index (χ1v) is 14.2. The number of aromatic nitrogens is 2. The van der Waals surface area contributed by atoms with Crippen LogP contribution in [0.3, 0.4) is 0 Å². The highest BCUT2D eigenvalue weighted by molar-refractivity contribution is 14.1. The number of hydrogen-bond donors (Lipinski definition) is 0. The number of benzene rings is 2. The van der Waals surface area contributed by atoms with Crippen molar-refractivity contribution in [2.24, 2.45) is 5.10 Å². The first kappa shape index (κ1) is 26.1. The number of rotatable bonds is 8. The molecule has 1 aromatic heterocycles. The van der Waals surface area contributed by atoms with Crippen LogP contribution in [-0.2, 0) is 0 Å². The molecule has 8 heteroatoms. The van der Waals surface area contributed by atoms with Crippen LogP contribution >= 0.6 is 38.5 Å². The first-order valence-electron chi connectivity index (χ1n) is 12.3. The van der Waals surface area contributed by atoms with E-state index in [1.54, 1.807) is 6.21 Å². The van der Waals surface area contributed by atoms with E-state index in [9.17, 15) is 4.79 Å². The molecule has 1 fully saturated rings. The third-order valence-electron chi connectivity index (χ3n) is 6.35. The second-order valence-corrected chi connectivity index (χ2v) is 11.0. The predicted octanol–water partition coefficient (Wildman–Crippen LogP) is 7.27. The maximum absolute atomic E-state index is 13.6. The molecule has 1 aliphatic carbocycles. The quantitative estimate of drug-likeness (QED) is 0.190. The second kappa shape index (κ2) is 11.9. The molecule has 0 spiro atoms.